The smallest absolute Gasteiger partial charge is 0.286 e. The Balaban J connectivity index is 1.53. The maximum Gasteiger partial charge on any atom is 0.286 e. The summed E-state index contributed by atoms with van der Waals surface area (Å²) in [5.74, 6) is -0.139. The predicted molar refractivity (Wildman–Crippen MR) is 121 cm³/mol. The number of nitro groups is 1. The zero-order valence-corrected chi connectivity index (χ0v) is 18.7. The van der Waals surface area contributed by atoms with E-state index in [-0.39, 0.29) is 34.8 Å². The minimum atomic E-state index is -0.601. The van der Waals surface area contributed by atoms with Crippen LogP contribution in [0.5, 0.6) is 11.5 Å². The van der Waals surface area contributed by atoms with Crippen LogP contribution >= 0.6 is 22.9 Å². The Kier molecular flexibility index (Phi) is 6.29. The second-order valence-corrected chi connectivity index (χ2v) is 8.67. The monoisotopic (exact) mass is 473 g/mol. The number of hydrogen-bond donors (Lipinski definition) is 1. The first-order chi connectivity index (χ1) is 15.4. The molecule has 1 aromatic heterocycles. The zero-order valence-electron chi connectivity index (χ0n) is 17.2. The minimum Gasteiger partial charge on any atom is -0.493 e. The summed E-state index contributed by atoms with van der Waals surface area (Å²) in [6.07, 6.45) is 1.84. The van der Waals surface area contributed by atoms with Crippen LogP contribution in [0.25, 0.3) is 0 Å². The van der Waals surface area contributed by atoms with Crippen LogP contribution in [-0.4, -0.2) is 29.5 Å². The van der Waals surface area contributed by atoms with Crippen molar-refractivity contribution in [1.29, 1.82) is 0 Å². The standard InChI is InChI=1S/C22H20ClN3O5S/c1-30-19-8-17(18(26(28)29)9-20(19)31-10-16-11-32-13-25-16)21(27)24-12-22(6-7-22)14-2-4-15(23)5-3-14/h2-5,8-9,11,13H,6-7,10,12H2,1H3,(H,24,27). The first-order valence-corrected chi connectivity index (χ1v) is 11.1. The molecule has 1 amide bonds. The molecule has 0 radical (unpaired) electrons. The van der Waals surface area contributed by atoms with Gasteiger partial charge in [0.05, 0.1) is 29.3 Å². The summed E-state index contributed by atoms with van der Waals surface area (Å²) in [5, 5.41) is 17.0. The number of carbonyl (C=O) groups is 1. The second-order valence-electron chi connectivity index (χ2n) is 7.52. The fraction of sp³-hybridized carbons (Fsp3) is 0.273. The number of nitrogens with zero attached hydrogens (tertiary/aromatic N) is 2. The number of aromatic nitrogens is 1. The van der Waals surface area contributed by atoms with Crippen molar-refractivity contribution in [3.8, 4) is 11.5 Å². The molecule has 0 spiro atoms. The van der Waals surface area contributed by atoms with Gasteiger partial charge in [-0.1, -0.05) is 23.7 Å². The fourth-order valence-electron chi connectivity index (χ4n) is 3.48. The second kappa shape index (κ2) is 9.13. The molecule has 0 aliphatic heterocycles. The number of ether oxygens (including phenoxy) is 2. The Labute approximate surface area is 193 Å². The molecule has 1 heterocycles. The molecule has 1 aliphatic carbocycles. The van der Waals surface area contributed by atoms with E-state index in [1.807, 2.05) is 29.6 Å². The average molecular weight is 474 g/mol. The molecular weight excluding hydrogens is 454 g/mol. The van der Waals surface area contributed by atoms with Crippen LogP contribution in [0.2, 0.25) is 5.02 Å². The van der Waals surface area contributed by atoms with Gasteiger partial charge < -0.3 is 14.8 Å². The van der Waals surface area contributed by atoms with Crippen molar-refractivity contribution in [1.82, 2.24) is 10.3 Å². The van der Waals surface area contributed by atoms with Gasteiger partial charge in [0.2, 0.25) is 0 Å². The molecule has 8 nitrogen and oxygen atoms in total. The van der Waals surface area contributed by atoms with E-state index in [9.17, 15) is 14.9 Å². The molecule has 32 heavy (non-hydrogen) atoms. The van der Waals surface area contributed by atoms with Gasteiger partial charge in [0.1, 0.15) is 12.2 Å². The lowest BCUT2D eigenvalue weighted by molar-refractivity contribution is -0.385. The summed E-state index contributed by atoms with van der Waals surface area (Å²) in [5.41, 5.74) is 2.84. The number of nitro benzene ring substituents is 1. The lowest BCUT2D eigenvalue weighted by Gasteiger charge is -2.17. The molecule has 0 atom stereocenters. The van der Waals surface area contributed by atoms with Gasteiger partial charge in [-0.3, -0.25) is 14.9 Å². The number of rotatable bonds is 9. The van der Waals surface area contributed by atoms with Gasteiger partial charge in [-0.2, -0.15) is 0 Å². The normalized spacial score (nSPS) is 13.9. The molecule has 0 bridgehead atoms. The van der Waals surface area contributed by atoms with Crippen LogP contribution < -0.4 is 14.8 Å². The number of thiazole rings is 1. The van der Waals surface area contributed by atoms with Crippen molar-refractivity contribution in [2.75, 3.05) is 13.7 Å². The third-order valence-electron chi connectivity index (χ3n) is 5.48. The number of hydrogen-bond acceptors (Lipinski definition) is 7. The van der Waals surface area contributed by atoms with Crippen molar-refractivity contribution in [3.05, 3.63) is 79.2 Å². The Morgan fingerprint density at radius 2 is 2.03 bits per heavy atom. The van der Waals surface area contributed by atoms with Crippen molar-refractivity contribution in [2.45, 2.75) is 24.9 Å². The van der Waals surface area contributed by atoms with Gasteiger partial charge in [0.25, 0.3) is 11.6 Å². The Morgan fingerprint density at radius 1 is 1.28 bits per heavy atom. The van der Waals surface area contributed by atoms with Gasteiger partial charge >= 0.3 is 0 Å². The van der Waals surface area contributed by atoms with Crippen molar-refractivity contribution >= 4 is 34.5 Å². The van der Waals surface area contributed by atoms with Crippen LogP contribution in [0, 0.1) is 10.1 Å². The number of halogens is 1. The summed E-state index contributed by atoms with van der Waals surface area (Å²) in [6.45, 7) is 0.501. The van der Waals surface area contributed by atoms with Crippen LogP contribution in [0.15, 0.2) is 47.3 Å². The predicted octanol–water partition coefficient (Wildman–Crippen LogP) is 4.75. The van der Waals surface area contributed by atoms with E-state index in [0.717, 1.165) is 18.4 Å². The number of nitrogens with one attached hydrogen (secondary N) is 1. The largest absolute Gasteiger partial charge is 0.493 e. The van der Waals surface area contributed by atoms with Crippen LogP contribution in [0.4, 0.5) is 5.69 Å². The van der Waals surface area contributed by atoms with E-state index in [4.69, 9.17) is 21.1 Å². The molecule has 1 aliphatic rings. The van der Waals surface area contributed by atoms with E-state index in [1.54, 1.807) is 5.51 Å². The highest BCUT2D eigenvalue weighted by atomic mass is 35.5. The number of amides is 1. The molecule has 3 aromatic rings. The highest BCUT2D eigenvalue weighted by Crippen LogP contribution is 2.48. The van der Waals surface area contributed by atoms with E-state index in [0.29, 0.717) is 17.3 Å². The van der Waals surface area contributed by atoms with Crippen molar-refractivity contribution in [2.24, 2.45) is 0 Å². The number of benzene rings is 2. The van der Waals surface area contributed by atoms with Gasteiger partial charge in [0, 0.05) is 28.4 Å². The first-order valence-electron chi connectivity index (χ1n) is 9.82. The lowest BCUT2D eigenvalue weighted by atomic mass is 9.96. The average Bonchev–Trinajstić information content (AvgIpc) is 3.40. The van der Waals surface area contributed by atoms with E-state index in [1.165, 1.54) is 30.6 Å². The summed E-state index contributed by atoms with van der Waals surface area (Å²) in [4.78, 5) is 28.1. The molecule has 10 heteroatoms. The zero-order chi connectivity index (χ0) is 22.7. The van der Waals surface area contributed by atoms with Crippen LogP contribution in [0.3, 0.4) is 0 Å². The third kappa shape index (κ3) is 4.68. The van der Waals surface area contributed by atoms with E-state index in [2.05, 4.69) is 10.3 Å². The topological polar surface area (TPSA) is 104 Å². The molecule has 1 fully saturated rings. The summed E-state index contributed by atoms with van der Waals surface area (Å²) in [6, 6.07) is 10.1. The first kappa shape index (κ1) is 22.0. The van der Waals surface area contributed by atoms with E-state index < -0.39 is 10.8 Å². The molecule has 2 aromatic carbocycles. The number of carbonyl (C=O) groups excluding carboxylic acids is 1. The van der Waals surface area contributed by atoms with Gasteiger partial charge in [0.15, 0.2) is 11.5 Å². The molecule has 0 unspecified atom stereocenters. The summed E-state index contributed by atoms with van der Waals surface area (Å²) >= 11 is 7.39. The maximum absolute atomic E-state index is 12.9. The Bertz CT molecular complexity index is 1130. The van der Waals surface area contributed by atoms with Crippen LogP contribution in [0.1, 0.15) is 34.5 Å². The van der Waals surface area contributed by atoms with Crippen LogP contribution in [-0.2, 0) is 12.0 Å². The van der Waals surface area contributed by atoms with Gasteiger partial charge in [-0.25, -0.2) is 4.98 Å². The minimum absolute atomic E-state index is 0.0836. The molecule has 4 rings (SSSR count). The number of methoxy groups -OCH3 is 1. The highest BCUT2D eigenvalue weighted by Gasteiger charge is 2.44. The maximum atomic E-state index is 12.9. The van der Waals surface area contributed by atoms with Gasteiger partial charge in [-0.15, -0.1) is 11.3 Å². The van der Waals surface area contributed by atoms with Gasteiger partial charge in [-0.05, 0) is 30.5 Å². The molecule has 166 valence electrons. The Morgan fingerprint density at radius 3 is 2.62 bits per heavy atom. The Hall–Kier alpha value is -3.17. The van der Waals surface area contributed by atoms with Crippen molar-refractivity contribution < 1.29 is 19.2 Å². The summed E-state index contributed by atoms with van der Waals surface area (Å²) < 4.78 is 11.0. The van der Waals surface area contributed by atoms with E-state index >= 15 is 0 Å². The molecular formula is C22H20ClN3O5S. The molecule has 1 saturated carbocycles. The fourth-order valence-corrected chi connectivity index (χ4v) is 4.15. The van der Waals surface area contributed by atoms with Crippen molar-refractivity contribution in [3.63, 3.8) is 0 Å². The summed E-state index contributed by atoms with van der Waals surface area (Å²) in [7, 11) is 1.41. The SMILES string of the molecule is COc1cc(C(=O)NCC2(c3ccc(Cl)cc3)CC2)c([N+](=O)[O-])cc1OCc1cscn1. The lowest BCUT2D eigenvalue weighted by Crippen LogP contribution is -2.32. The highest BCUT2D eigenvalue weighted by molar-refractivity contribution is 7.07. The molecule has 0 saturated heterocycles. The quantitative estimate of drug-likeness (QED) is 0.355. The molecule has 1 N–H and O–H groups in total. The third-order valence-corrected chi connectivity index (χ3v) is 6.37.